The molecular weight excluding hydrogens is 406 g/mol. The summed E-state index contributed by atoms with van der Waals surface area (Å²) in [6.45, 7) is 17.9. The number of ether oxygens (including phenoxy) is 1. The molecule has 5 heteroatoms. The molecule has 1 atom stereocenters. The van der Waals surface area contributed by atoms with E-state index in [0.29, 0.717) is 18.2 Å². The lowest BCUT2D eigenvalue weighted by Gasteiger charge is -2.21. The van der Waals surface area contributed by atoms with Gasteiger partial charge < -0.3 is 4.74 Å². The second kappa shape index (κ2) is 12.5. The predicted molar refractivity (Wildman–Crippen MR) is 133 cm³/mol. The smallest absolute Gasteiger partial charge is 0.261 e. The number of allylic oxidation sites excluding steroid dienone is 6. The van der Waals surface area contributed by atoms with E-state index in [0.717, 1.165) is 22.3 Å². The highest BCUT2D eigenvalue weighted by Crippen LogP contribution is 2.25. The van der Waals surface area contributed by atoms with Gasteiger partial charge >= 0.3 is 0 Å². The fourth-order valence-corrected chi connectivity index (χ4v) is 3.98. The number of aryl methyl sites for hydroxylation is 1. The quantitative estimate of drug-likeness (QED) is 0.322. The monoisotopic (exact) mass is 443 g/mol. The molecular formula is C26H37NO3S. The van der Waals surface area contributed by atoms with Gasteiger partial charge in [-0.15, -0.1) is 0 Å². The average molecular weight is 444 g/mol. The minimum atomic E-state index is -3.79. The van der Waals surface area contributed by atoms with E-state index in [1.807, 2.05) is 70.2 Å². The standard InChI is InChI=1S/C26H37NO3S/c1-9-11-18-30-23(8)26(25-15-12-20(5)13-16-25)22(7)27-31(28,29)21(6)14-17-24(10-2)19(3)4/h9-17,19,23,27H,6,18H2,1-5,7-8H3/b11-9+,17-14-,24-10+,26-22-. The van der Waals surface area contributed by atoms with Gasteiger partial charge in [0.15, 0.2) is 0 Å². The van der Waals surface area contributed by atoms with E-state index in [1.54, 1.807) is 19.1 Å². The molecule has 4 nitrogen and oxygen atoms in total. The molecule has 1 unspecified atom stereocenters. The van der Waals surface area contributed by atoms with Gasteiger partial charge in [-0.2, -0.15) is 0 Å². The van der Waals surface area contributed by atoms with Crippen LogP contribution in [-0.2, 0) is 14.8 Å². The maximum absolute atomic E-state index is 12.9. The van der Waals surface area contributed by atoms with Gasteiger partial charge in [0.05, 0.1) is 17.6 Å². The van der Waals surface area contributed by atoms with Crippen molar-refractivity contribution in [2.24, 2.45) is 5.92 Å². The zero-order chi connectivity index (χ0) is 23.6. The summed E-state index contributed by atoms with van der Waals surface area (Å²) in [6, 6.07) is 7.96. The fraction of sp³-hybridized carbons (Fsp3) is 0.385. The van der Waals surface area contributed by atoms with Crippen molar-refractivity contribution in [2.45, 2.75) is 54.6 Å². The molecule has 0 amide bonds. The molecule has 0 aliphatic carbocycles. The lowest BCUT2D eigenvalue weighted by molar-refractivity contribution is 0.129. The Morgan fingerprint density at radius 2 is 1.74 bits per heavy atom. The maximum Gasteiger partial charge on any atom is 0.261 e. The van der Waals surface area contributed by atoms with E-state index >= 15 is 0 Å². The molecule has 0 heterocycles. The van der Waals surface area contributed by atoms with Crippen LogP contribution in [0.1, 0.15) is 52.7 Å². The van der Waals surface area contributed by atoms with Crippen LogP contribution in [-0.4, -0.2) is 21.1 Å². The summed E-state index contributed by atoms with van der Waals surface area (Å²) in [4.78, 5) is 0.0117. The van der Waals surface area contributed by atoms with Gasteiger partial charge in [-0.3, -0.25) is 4.72 Å². The van der Waals surface area contributed by atoms with Crippen LogP contribution in [0.2, 0.25) is 0 Å². The summed E-state index contributed by atoms with van der Waals surface area (Å²) in [6.07, 6.45) is 8.85. The van der Waals surface area contributed by atoms with Crippen molar-refractivity contribution in [2.75, 3.05) is 6.61 Å². The van der Waals surface area contributed by atoms with Crippen LogP contribution in [0, 0.1) is 12.8 Å². The molecule has 1 rings (SSSR count). The normalized spacial score (nSPS) is 14.9. The zero-order valence-corrected chi connectivity index (χ0v) is 20.7. The van der Waals surface area contributed by atoms with E-state index < -0.39 is 10.0 Å². The van der Waals surface area contributed by atoms with E-state index in [2.05, 4.69) is 25.1 Å². The molecule has 1 aromatic rings. The summed E-state index contributed by atoms with van der Waals surface area (Å²) < 4.78 is 34.5. The van der Waals surface area contributed by atoms with Gasteiger partial charge in [0.2, 0.25) is 0 Å². The molecule has 0 saturated carbocycles. The van der Waals surface area contributed by atoms with Gasteiger partial charge in [-0.25, -0.2) is 8.42 Å². The number of benzene rings is 1. The Morgan fingerprint density at radius 3 is 2.26 bits per heavy atom. The molecule has 0 aromatic heterocycles. The fourth-order valence-electron chi connectivity index (χ4n) is 3.09. The lowest BCUT2D eigenvalue weighted by Crippen LogP contribution is -2.26. The van der Waals surface area contributed by atoms with E-state index in [-0.39, 0.29) is 11.0 Å². The topological polar surface area (TPSA) is 55.4 Å². The molecule has 0 bridgehead atoms. The third-order valence-corrected chi connectivity index (χ3v) is 6.35. The van der Waals surface area contributed by atoms with Crippen LogP contribution in [0.3, 0.4) is 0 Å². The Kier molecular flexibility index (Phi) is 10.7. The number of nitrogens with one attached hydrogen (secondary N) is 1. The van der Waals surface area contributed by atoms with Crippen molar-refractivity contribution < 1.29 is 13.2 Å². The molecule has 0 aliphatic rings. The largest absolute Gasteiger partial charge is 0.370 e. The summed E-state index contributed by atoms with van der Waals surface area (Å²) in [5.41, 5.74) is 4.40. The first-order valence-electron chi connectivity index (χ1n) is 10.6. The third-order valence-electron chi connectivity index (χ3n) is 4.95. The van der Waals surface area contributed by atoms with Gasteiger partial charge in [0.25, 0.3) is 10.0 Å². The summed E-state index contributed by atoms with van der Waals surface area (Å²) in [5.74, 6) is 0.301. The Labute approximate surface area is 189 Å². The number of hydrogen-bond donors (Lipinski definition) is 1. The van der Waals surface area contributed by atoms with E-state index in [4.69, 9.17) is 4.74 Å². The molecule has 0 fully saturated rings. The summed E-state index contributed by atoms with van der Waals surface area (Å²) in [5, 5.41) is 0. The molecule has 0 radical (unpaired) electrons. The number of sulfonamides is 1. The molecule has 1 aromatic carbocycles. The van der Waals surface area contributed by atoms with Crippen molar-refractivity contribution in [1.29, 1.82) is 0 Å². The Morgan fingerprint density at radius 1 is 1.13 bits per heavy atom. The van der Waals surface area contributed by atoms with Gasteiger partial charge in [-0.05, 0) is 57.7 Å². The van der Waals surface area contributed by atoms with Gasteiger partial charge in [0.1, 0.15) is 0 Å². The second-order valence-electron chi connectivity index (χ2n) is 7.80. The van der Waals surface area contributed by atoms with Crippen LogP contribution in [0.5, 0.6) is 0 Å². The third kappa shape index (κ3) is 8.35. The van der Waals surface area contributed by atoms with Crippen LogP contribution in [0.4, 0.5) is 0 Å². The summed E-state index contributed by atoms with van der Waals surface area (Å²) in [7, 11) is -3.79. The van der Waals surface area contributed by atoms with Crippen molar-refractivity contribution in [3.8, 4) is 0 Å². The van der Waals surface area contributed by atoms with Gasteiger partial charge in [0, 0.05) is 11.3 Å². The molecule has 0 saturated heterocycles. The second-order valence-corrected chi connectivity index (χ2v) is 9.53. The van der Waals surface area contributed by atoms with Crippen molar-refractivity contribution in [1.82, 2.24) is 4.72 Å². The highest BCUT2D eigenvalue weighted by atomic mass is 32.2. The number of hydrogen-bond acceptors (Lipinski definition) is 3. The highest BCUT2D eigenvalue weighted by molar-refractivity contribution is 7.93. The van der Waals surface area contributed by atoms with Crippen LogP contribution < -0.4 is 4.72 Å². The lowest BCUT2D eigenvalue weighted by atomic mass is 9.98. The molecule has 31 heavy (non-hydrogen) atoms. The minimum absolute atomic E-state index is 0.0117. The SMILES string of the molecule is C=C(/C=C\C(=C/C)C(C)C)S(=O)(=O)N/C(C)=C(\c1ccc(C)cc1)C(C)OC/C=C/C. The summed E-state index contributed by atoms with van der Waals surface area (Å²) >= 11 is 0. The first-order chi connectivity index (χ1) is 14.5. The minimum Gasteiger partial charge on any atom is -0.370 e. The predicted octanol–water partition coefficient (Wildman–Crippen LogP) is 6.30. The van der Waals surface area contributed by atoms with Crippen molar-refractivity contribution in [3.05, 3.63) is 88.5 Å². The average Bonchev–Trinajstić information content (AvgIpc) is 2.69. The Balaban J connectivity index is 3.27. The molecule has 0 spiro atoms. The van der Waals surface area contributed by atoms with Crippen LogP contribution >= 0.6 is 0 Å². The van der Waals surface area contributed by atoms with Crippen molar-refractivity contribution in [3.63, 3.8) is 0 Å². The Bertz CT molecular complexity index is 962. The number of rotatable bonds is 11. The van der Waals surface area contributed by atoms with Crippen molar-refractivity contribution >= 4 is 15.6 Å². The van der Waals surface area contributed by atoms with Crippen LogP contribution in [0.15, 0.2) is 77.4 Å². The first-order valence-corrected chi connectivity index (χ1v) is 12.1. The highest BCUT2D eigenvalue weighted by Gasteiger charge is 2.20. The zero-order valence-electron chi connectivity index (χ0n) is 19.9. The maximum atomic E-state index is 12.9. The Hall–Kier alpha value is -2.37. The molecule has 170 valence electrons. The van der Waals surface area contributed by atoms with Gasteiger partial charge in [-0.1, -0.05) is 74.6 Å². The van der Waals surface area contributed by atoms with E-state index in [9.17, 15) is 8.42 Å². The van der Waals surface area contributed by atoms with Crippen LogP contribution in [0.25, 0.3) is 5.57 Å². The molecule has 0 aliphatic heterocycles. The van der Waals surface area contributed by atoms with E-state index in [1.165, 1.54) is 0 Å². The molecule has 1 N–H and O–H groups in total. The first kappa shape index (κ1) is 26.7.